The first-order chi connectivity index (χ1) is 12.6. The predicted molar refractivity (Wildman–Crippen MR) is 111 cm³/mol. The number of amides is 2. The van der Waals surface area contributed by atoms with Gasteiger partial charge in [-0.3, -0.25) is 9.59 Å². The van der Waals surface area contributed by atoms with Crippen molar-refractivity contribution in [2.75, 3.05) is 18.4 Å². The Kier molecular flexibility index (Phi) is 8.22. The molecule has 3 N–H and O–H groups in total. The fourth-order valence-corrected chi connectivity index (χ4v) is 3.69. The molecule has 1 aliphatic rings. The van der Waals surface area contributed by atoms with Crippen LogP contribution in [-0.2, 0) is 16.0 Å². The Hall–Kier alpha value is -1.96. The molecule has 146 valence electrons. The average Bonchev–Trinajstić information content (AvgIpc) is 3.31. The predicted octanol–water partition coefficient (Wildman–Crippen LogP) is 2.99. The Balaban J connectivity index is 0.00000261. The molecule has 1 atom stereocenters. The lowest BCUT2D eigenvalue weighted by atomic mass is 10.1. The van der Waals surface area contributed by atoms with Crippen LogP contribution >= 0.6 is 23.7 Å². The van der Waals surface area contributed by atoms with Crippen LogP contribution in [0.15, 0.2) is 29.6 Å². The second-order valence-electron chi connectivity index (χ2n) is 6.46. The number of anilines is 1. The summed E-state index contributed by atoms with van der Waals surface area (Å²) in [6.07, 6.45) is 3.76. The number of halogens is 1. The molecule has 1 aromatic heterocycles. The third-order valence-corrected chi connectivity index (χ3v) is 5.13. The SMILES string of the molecule is CC(=O)NCCCc1ccc(-c2csc(NC(=O)C3CCCN3)n2)cc1.Cl. The summed E-state index contributed by atoms with van der Waals surface area (Å²) in [6, 6.07) is 8.17. The van der Waals surface area contributed by atoms with E-state index in [1.807, 2.05) is 17.5 Å². The van der Waals surface area contributed by atoms with Gasteiger partial charge in [-0.25, -0.2) is 4.98 Å². The van der Waals surface area contributed by atoms with Gasteiger partial charge >= 0.3 is 0 Å². The second-order valence-corrected chi connectivity index (χ2v) is 7.32. The van der Waals surface area contributed by atoms with Crippen molar-refractivity contribution in [1.82, 2.24) is 15.6 Å². The van der Waals surface area contributed by atoms with Crippen LogP contribution in [0, 0.1) is 0 Å². The Morgan fingerprint density at radius 3 is 2.74 bits per heavy atom. The summed E-state index contributed by atoms with van der Waals surface area (Å²) < 4.78 is 0. The number of aryl methyl sites for hydroxylation is 1. The van der Waals surface area contributed by atoms with Gasteiger partial charge in [0.15, 0.2) is 5.13 Å². The number of carbonyl (C=O) groups excluding carboxylic acids is 2. The van der Waals surface area contributed by atoms with Crippen molar-refractivity contribution < 1.29 is 9.59 Å². The molecule has 1 fully saturated rings. The van der Waals surface area contributed by atoms with Crippen molar-refractivity contribution in [3.63, 3.8) is 0 Å². The lowest BCUT2D eigenvalue weighted by Crippen LogP contribution is -2.35. The standard InChI is InChI=1S/C19H24N4O2S.ClH/c1-13(24)20-10-2-4-14-6-8-15(9-7-14)17-12-26-19(22-17)23-18(25)16-5-3-11-21-16;/h6-9,12,16,21H,2-5,10-11H2,1H3,(H,20,24)(H,22,23,25);1H. The molecular formula is C19H25ClN4O2S. The number of nitrogens with zero attached hydrogens (tertiary/aromatic N) is 1. The second kappa shape index (κ2) is 10.4. The molecule has 1 aromatic carbocycles. The first-order valence-corrected chi connectivity index (χ1v) is 9.83. The lowest BCUT2D eigenvalue weighted by molar-refractivity contribution is -0.119. The van der Waals surface area contributed by atoms with E-state index in [9.17, 15) is 9.59 Å². The zero-order valence-electron chi connectivity index (χ0n) is 15.3. The van der Waals surface area contributed by atoms with Crippen molar-refractivity contribution in [1.29, 1.82) is 0 Å². The number of aromatic nitrogens is 1. The van der Waals surface area contributed by atoms with Crippen LogP contribution in [0.25, 0.3) is 11.3 Å². The highest BCUT2D eigenvalue weighted by atomic mass is 35.5. The highest BCUT2D eigenvalue weighted by molar-refractivity contribution is 7.14. The summed E-state index contributed by atoms with van der Waals surface area (Å²) in [5.74, 6) is 0.00778. The minimum absolute atomic E-state index is 0. The molecule has 2 heterocycles. The third-order valence-electron chi connectivity index (χ3n) is 4.38. The van der Waals surface area contributed by atoms with Crippen molar-refractivity contribution >= 4 is 40.7 Å². The maximum atomic E-state index is 12.1. The fraction of sp³-hybridized carbons (Fsp3) is 0.421. The van der Waals surface area contributed by atoms with Crippen molar-refractivity contribution in [2.24, 2.45) is 0 Å². The summed E-state index contributed by atoms with van der Waals surface area (Å²) in [6.45, 7) is 3.13. The van der Waals surface area contributed by atoms with Crippen LogP contribution in [0.2, 0.25) is 0 Å². The van der Waals surface area contributed by atoms with Crippen LogP contribution in [0.5, 0.6) is 0 Å². The van der Waals surface area contributed by atoms with Gasteiger partial charge in [0.2, 0.25) is 11.8 Å². The zero-order valence-corrected chi connectivity index (χ0v) is 16.9. The van der Waals surface area contributed by atoms with Crippen molar-refractivity contribution in [2.45, 2.75) is 38.6 Å². The van der Waals surface area contributed by atoms with Gasteiger partial charge in [-0.05, 0) is 37.8 Å². The van der Waals surface area contributed by atoms with E-state index < -0.39 is 0 Å². The Bertz CT molecular complexity index is 757. The van der Waals surface area contributed by atoms with Gasteiger partial charge in [0.05, 0.1) is 11.7 Å². The van der Waals surface area contributed by atoms with Crippen LogP contribution < -0.4 is 16.0 Å². The molecule has 6 nitrogen and oxygen atoms in total. The number of rotatable bonds is 7. The Morgan fingerprint density at radius 2 is 2.07 bits per heavy atom. The smallest absolute Gasteiger partial charge is 0.243 e. The van der Waals surface area contributed by atoms with E-state index in [1.165, 1.54) is 23.8 Å². The molecule has 3 rings (SSSR count). The maximum Gasteiger partial charge on any atom is 0.243 e. The largest absolute Gasteiger partial charge is 0.356 e. The number of thiazole rings is 1. The van der Waals surface area contributed by atoms with E-state index in [1.54, 1.807) is 0 Å². The maximum absolute atomic E-state index is 12.1. The number of nitrogens with one attached hydrogen (secondary N) is 3. The average molecular weight is 409 g/mol. The van der Waals surface area contributed by atoms with Gasteiger partial charge in [0.25, 0.3) is 0 Å². The molecular weight excluding hydrogens is 384 g/mol. The molecule has 1 aliphatic heterocycles. The molecule has 2 amide bonds. The summed E-state index contributed by atoms with van der Waals surface area (Å²) in [5, 5.41) is 11.5. The minimum Gasteiger partial charge on any atom is -0.356 e. The van der Waals surface area contributed by atoms with Crippen LogP contribution in [-0.4, -0.2) is 35.9 Å². The first-order valence-electron chi connectivity index (χ1n) is 8.95. The van der Waals surface area contributed by atoms with E-state index >= 15 is 0 Å². The third kappa shape index (κ3) is 6.30. The summed E-state index contributed by atoms with van der Waals surface area (Å²) in [5.41, 5.74) is 3.14. The van der Waals surface area contributed by atoms with Gasteiger partial charge in [-0.2, -0.15) is 0 Å². The first kappa shape index (κ1) is 21.3. The van der Waals surface area contributed by atoms with Crippen LogP contribution in [0.4, 0.5) is 5.13 Å². The van der Waals surface area contributed by atoms with Gasteiger partial charge in [-0.1, -0.05) is 24.3 Å². The quantitative estimate of drug-likeness (QED) is 0.615. The lowest BCUT2D eigenvalue weighted by Gasteiger charge is -2.08. The highest BCUT2D eigenvalue weighted by Crippen LogP contribution is 2.25. The van der Waals surface area contributed by atoms with Crippen LogP contribution in [0.1, 0.15) is 31.7 Å². The zero-order chi connectivity index (χ0) is 18.4. The van der Waals surface area contributed by atoms with E-state index in [0.29, 0.717) is 11.7 Å². The number of hydrogen-bond acceptors (Lipinski definition) is 5. The Morgan fingerprint density at radius 1 is 1.30 bits per heavy atom. The highest BCUT2D eigenvalue weighted by Gasteiger charge is 2.22. The fourth-order valence-electron chi connectivity index (χ4n) is 2.96. The van der Waals surface area contributed by atoms with Gasteiger partial charge in [0.1, 0.15) is 0 Å². The minimum atomic E-state index is -0.0980. The molecule has 8 heteroatoms. The molecule has 27 heavy (non-hydrogen) atoms. The molecule has 2 aromatic rings. The normalized spacial score (nSPS) is 15.8. The number of benzene rings is 1. The van der Waals surface area contributed by atoms with Gasteiger partial charge in [0, 0.05) is 24.4 Å². The summed E-state index contributed by atoms with van der Waals surface area (Å²) >= 11 is 1.44. The van der Waals surface area contributed by atoms with E-state index in [2.05, 4.69) is 33.1 Å². The molecule has 1 unspecified atom stereocenters. The molecule has 1 saturated heterocycles. The van der Waals surface area contributed by atoms with Crippen molar-refractivity contribution in [3.05, 3.63) is 35.2 Å². The number of carbonyl (C=O) groups is 2. The number of hydrogen-bond donors (Lipinski definition) is 3. The topological polar surface area (TPSA) is 83.1 Å². The summed E-state index contributed by atoms with van der Waals surface area (Å²) in [4.78, 5) is 27.5. The van der Waals surface area contributed by atoms with E-state index in [0.717, 1.165) is 43.5 Å². The van der Waals surface area contributed by atoms with Gasteiger partial charge in [-0.15, -0.1) is 23.7 Å². The van der Waals surface area contributed by atoms with Crippen molar-refractivity contribution in [3.8, 4) is 11.3 Å². The Labute approximate surface area is 169 Å². The molecule has 0 aliphatic carbocycles. The molecule has 0 radical (unpaired) electrons. The van der Waals surface area contributed by atoms with Crippen LogP contribution in [0.3, 0.4) is 0 Å². The molecule has 0 bridgehead atoms. The molecule has 0 saturated carbocycles. The molecule has 0 spiro atoms. The van der Waals surface area contributed by atoms with Gasteiger partial charge < -0.3 is 16.0 Å². The van der Waals surface area contributed by atoms with E-state index in [4.69, 9.17) is 0 Å². The van der Waals surface area contributed by atoms with E-state index in [-0.39, 0.29) is 30.3 Å². The summed E-state index contributed by atoms with van der Waals surface area (Å²) in [7, 11) is 0. The monoisotopic (exact) mass is 408 g/mol.